The summed E-state index contributed by atoms with van der Waals surface area (Å²) >= 11 is 5.09. The molecule has 0 saturated heterocycles. The SMILES string of the molecule is O=C(NC(=S)Nc1cc(C(F)(F)F)ccc1Oc1ccccc1)c1ccccc1. The minimum Gasteiger partial charge on any atom is -0.455 e. The number of thiocarbonyl (C=S) groups is 1. The first-order chi connectivity index (χ1) is 13.8. The van der Waals surface area contributed by atoms with Gasteiger partial charge in [0.15, 0.2) is 10.9 Å². The number of benzene rings is 3. The van der Waals surface area contributed by atoms with Crippen LogP contribution in [0.2, 0.25) is 0 Å². The van der Waals surface area contributed by atoms with Crippen LogP contribution in [-0.2, 0) is 6.18 Å². The summed E-state index contributed by atoms with van der Waals surface area (Å²) < 4.78 is 45.0. The van der Waals surface area contributed by atoms with Gasteiger partial charge in [0.1, 0.15) is 5.75 Å². The molecule has 8 heteroatoms. The zero-order chi connectivity index (χ0) is 20.9. The van der Waals surface area contributed by atoms with Crippen LogP contribution in [-0.4, -0.2) is 11.0 Å². The Morgan fingerprint density at radius 1 is 0.897 bits per heavy atom. The van der Waals surface area contributed by atoms with Crippen molar-refractivity contribution in [3.05, 3.63) is 90.0 Å². The van der Waals surface area contributed by atoms with E-state index in [-0.39, 0.29) is 16.5 Å². The molecule has 0 atom stereocenters. The lowest BCUT2D eigenvalue weighted by Gasteiger charge is -2.16. The van der Waals surface area contributed by atoms with E-state index in [1.54, 1.807) is 60.7 Å². The second-order valence-electron chi connectivity index (χ2n) is 5.90. The molecule has 0 aliphatic rings. The summed E-state index contributed by atoms with van der Waals surface area (Å²) in [5.74, 6) is 0.0793. The van der Waals surface area contributed by atoms with Gasteiger partial charge in [-0.2, -0.15) is 13.2 Å². The minimum atomic E-state index is -4.55. The maximum absolute atomic E-state index is 13.1. The highest BCUT2D eigenvalue weighted by Crippen LogP contribution is 2.36. The van der Waals surface area contributed by atoms with Crippen molar-refractivity contribution in [1.82, 2.24) is 5.32 Å². The molecule has 1 amide bonds. The van der Waals surface area contributed by atoms with E-state index in [0.29, 0.717) is 11.3 Å². The van der Waals surface area contributed by atoms with Gasteiger partial charge in [-0.25, -0.2) is 0 Å². The first-order valence-electron chi connectivity index (χ1n) is 8.44. The molecular weight excluding hydrogens is 401 g/mol. The zero-order valence-corrected chi connectivity index (χ0v) is 15.7. The van der Waals surface area contributed by atoms with Crippen LogP contribution in [0.15, 0.2) is 78.9 Å². The van der Waals surface area contributed by atoms with E-state index in [1.807, 2.05) is 0 Å². The molecule has 0 aliphatic heterocycles. The number of carbonyl (C=O) groups is 1. The van der Waals surface area contributed by atoms with Crippen LogP contribution in [0, 0.1) is 0 Å². The molecule has 0 aliphatic carbocycles. The quantitative estimate of drug-likeness (QED) is 0.542. The Morgan fingerprint density at radius 3 is 2.14 bits per heavy atom. The average molecular weight is 416 g/mol. The number of carbonyl (C=O) groups excluding carboxylic acids is 1. The summed E-state index contributed by atoms with van der Waals surface area (Å²) in [5.41, 5.74) is -0.541. The molecule has 29 heavy (non-hydrogen) atoms. The van der Waals surface area contributed by atoms with Crippen molar-refractivity contribution < 1.29 is 22.7 Å². The highest BCUT2D eigenvalue weighted by Gasteiger charge is 2.31. The smallest absolute Gasteiger partial charge is 0.416 e. The number of para-hydroxylation sites is 1. The molecule has 0 aromatic heterocycles. The Labute approximate surface area is 170 Å². The Hall–Kier alpha value is -3.39. The van der Waals surface area contributed by atoms with E-state index in [4.69, 9.17) is 17.0 Å². The Bertz CT molecular complexity index is 1010. The van der Waals surface area contributed by atoms with Crippen molar-refractivity contribution in [2.24, 2.45) is 0 Å². The molecule has 0 heterocycles. The third-order valence-corrected chi connectivity index (χ3v) is 3.99. The van der Waals surface area contributed by atoms with E-state index >= 15 is 0 Å². The predicted molar refractivity (Wildman–Crippen MR) is 108 cm³/mol. The predicted octanol–water partition coefficient (Wildman–Crippen LogP) is 5.62. The lowest BCUT2D eigenvalue weighted by atomic mass is 10.1. The van der Waals surface area contributed by atoms with Crippen LogP contribution in [0.4, 0.5) is 18.9 Å². The van der Waals surface area contributed by atoms with Gasteiger partial charge in [0.25, 0.3) is 5.91 Å². The number of anilines is 1. The fourth-order valence-electron chi connectivity index (χ4n) is 2.43. The van der Waals surface area contributed by atoms with Crippen LogP contribution >= 0.6 is 12.2 Å². The monoisotopic (exact) mass is 416 g/mol. The molecular formula is C21H15F3N2O2S. The molecule has 0 saturated carbocycles. The van der Waals surface area contributed by atoms with E-state index in [9.17, 15) is 18.0 Å². The number of hydrogen-bond acceptors (Lipinski definition) is 3. The number of hydrogen-bond donors (Lipinski definition) is 2. The average Bonchev–Trinajstić information content (AvgIpc) is 2.70. The molecule has 0 spiro atoms. The van der Waals surface area contributed by atoms with Gasteiger partial charge < -0.3 is 10.1 Å². The number of nitrogens with one attached hydrogen (secondary N) is 2. The molecule has 0 radical (unpaired) electrons. The topological polar surface area (TPSA) is 50.4 Å². The summed E-state index contributed by atoms with van der Waals surface area (Å²) in [6.07, 6.45) is -4.55. The van der Waals surface area contributed by atoms with E-state index < -0.39 is 17.6 Å². The fraction of sp³-hybridized carbons (Fsp3) is 0.0476. The molecule has 4 nitrogen and oxygen atoms in total. The second-order valence-corrected chi connectivity index (χ2v) is 6.31. The number of halogens is 3. The zero-order valence-electron chi connectivity index (χ0n) is 14.9. The Balaban J connectivity index is 1.83. The van der Waals surface area contributed by atoms with Crippen LogP contribution in [0.1, 0.15) is 15.9 Å². The highest BCUT2D eigenvalue weighted by molar-refractivity contribution is 7.80. The van der Waals surface area contributed by atoms with Crippen molar-refractivity contribution in [2.45, 2.75) is 6.18 Å². The lowest BCUT2D eigenvalue weighted by molar-refractivity contribution is -0.137. The molecule has 0 bridgehead atoms. The van der Waals surface area contributed by atoms with Gasteiger partial charge in [-0.15, -0.1) is 0 Å². The maximum Gasteiger partial charge on any atom is 0.416 e. The van der Waals surface area contributed by atoms with Crippen LogP contribution in [0.25, 0.3) is 0 Å². The maximum atomic E-state index is 13.1. The lowest BCUT2D eigenvalue weighted by Crippen LogP contribution is -2.34. The molecule has 3 rings (SSSR count). The third kappa shape index (κ3) is 5.55. The van der Waals surface area contributed by atoms with E-state index in [0.717, 1.165) is 12.1 Å². The van der Waals surface area contributed by atoms with Crippen LogP contribution in [0.3, 0.4) is 0 Å². The summed E-state index contributed by atoms with van der Waals surface area (Å²) in [7, 11) is 0. The first-order valence-corrected chi connectivity index (χ1v) is 8.85. The summed E-state index contributed by atoms with van der Waals surface area (Å²) in [6.45, 7) is 0. The van der Waals surface area contributed by atoms with Gasteiger partial charge in [-0.3, -0.25) is 10.1 Å². The van der Waals surface area contributed by atoms with E-state index in [2.05, 4.69) is 10.6 Å². The highest BCUT2D eigenvalue weighted by atomic mass is 32.1. The van der Waals surface area contributed by atoms with Crippen molar-refractivity contribution in [3.8, 4) is 11.5 Å². The third-order valence-electron chi connectivity index (χ3n) is 3.79. The molecule has 148 valence electrons. The molecule has 3 aromatic rings. The molecule has 0 unspecified atom stereocenters. The Morgan fingerprint density at radius 2 is 1.52 bits per heavy atom. The van der Waals surface area contributed by atoms with Crippen LogP contribution < -0.4 is 15.4 Å². The molecule has 2 N–H and O–H groups in total. The fourth-order valence-corrected chi connectivity index (χ4v) is 2.63. The van der Waals surface area contributed by atoms with Crippen molar-refractivity contribution >= 4 is 28.9 Å². The van der Waals surface area contributed by atoms with Gasteiger partial charge in [0.2, 0.25) is 0 Å². The standard InChI is InChI=1S/C21H15F3N2O2S/c22-21(23,24)15-11-12-18(28-16-9-5-2-6-10-16)17(13-15)25-20(29)26-19(27)14-7-3-1-4-8-14/h1-13H,(H2,25,26,27,29). The number of ether oxygens (including phenoxy) is 1. The normalized spacial score (nSPS) is 10.9. The number of alkyl halides is 3. The molecule has 0 fully saturated rings. The first kappa shape index (κ1) is 20.3. The van der Waals surface area contributed by atoms with Crippen molar-refractivity contribution in [3.63, 3.8) is 0 Å². The van der Waals surface area contributed by atoms with Gasteiger partial charge >= 0.3 is 6.18 Å². The number of amides is 1. The minimum absolute atomic E-state index is 0.0259. The van der Waals surface area contributed by atoms with Crippen molar-refractivity contribution in [1.29, 1.82) is 0 Å². The van der Waals surface area contributed by atoms with Gasteiger partial charge in [0.05, 0.1) is 11.3 Å². The van der Waals surface area contributed by atoms with E-state index in [1.165, 1.54) is 6.07 Å². The summed E-state index contributed by atoms with van der Waals surface area (Å²) in [5, 5.41) is 4.90. The van der Waals surface area contributed by atoms with Gasteiger partial charge in [-0.05, 0) is 54.7 Å². The van der Waals surface area contributed by atoms with Gasteiger partial charge in [0, 0.05) is 5.56 Å². The second kappa shape index (κ2) is 8.74. The largest absolute Gasteiger partial charge is 0.455 e. The Kier molecular flexibility index (Phi) is 6.13. The van der Waals surface area contributed by atoms with Crippen molar-refractivity contribution in [2.75, 3.05) is 5.32 Å². The molecule has 3 aromatic carbocycles. The summed E-state index contributed by atoms with van der Waals surface area (Å²) in [4.78, 5) is 12.2. The van der Waals surface area contributed by atoms with Crippen LogP contribution in [0.5, 0.6) is 11.5 Å². The number of rotatable bonds is 4. The summed E-state index contributed by atoms with van der Waals surface area (Å²) in [6, 6.07) is 19.9. The van der Waals surface area contributed by atoms with Gasteiger partial charge in [-0.1, -0.05) is 36.4 Å².